The van der Waals surface area contributed by atoms with Gasteiger partial charge in [0.1, 0.15) is 5.69 Å². The Bertz CT molecular complexity index is 938. The second-order valence-corrected chi connectivity index (χ2v) is 6.63. The van der Waals surface area contributed by atoms with E-state index < -0.39 is 0 Å². The van der Waals surface area contributed by atoms with Gasteiger partial charge in [-0.1, -0.05) is 36.4 Å². The van der Waals surface area contributed by atoms with Crippen LogP contribution >= 0.6 is 0 Å². The van der Waals surface area contributed by atoms with Crippen LogP contribution in [0.4, 0.5) is 11.6 Å². The van der Waals surface area contributed by atoms with Crippen LogP contribution < -0.4 is 10.6 Å². The minimum atomic E-state index is -0.241. The minimum absolute atomic E-state index is 0.241. The van der Waals surface area contributed by atoms with E-state index in [9.17, 15) is 4.79 Å². The number of anilines is 2. The van der Waals surface area contributed by atoms with Crippen LogP contribution in [0.15, 0.2) is 54.6 Å². The van der Waals surface area contributed by atoms with Crippen LogP contribution in [0.5, 0.6) is 0 Å². The summed E-state index contributed by atoms with van der Waals surface area (Å²) in [6.45, 7) is 6.62. The molecule has 0 atom stereocenters. The van der Waals surface area contributed by atoms with Gasteiger partial charge >= 0.3 is 0 Å². The first-order valence-corrected chi connectivity index (χ1v) is 9.03. The van der Waals surface area contributed by atoms with E-state index in [1.807, 2.05) is 57.2 Å². The van der Waals surface area contributed by atoms with Gasteiger partial charge in [0.15, 0.2) is 0 Å². The third-order valence-electron chi connectivity index (χ3n) is 4.39. The van der Waals surface area contributed by atoms with Crippen molar-refractivity contribution in [3.05, 3.63) is 82.7 Å². The molecular formula is C22H24N4O. The summed E-state index contributed by atoms with van der Waals surface area (Å²) in [4.78, 5) is 21.3. The van der Waals surface area contributed by atoms with E-state index >= 15 is 0 Å². The fraction of sp³-hybridized carbons (Fsp3) is 0.227. The number of nitrogens with one attached hydrogen (secondary N) is 2. The van der Waals surface area contributed by atoms with Gasteiger partial charge in [-0.2, -0.15) is 0 Å². The lowest BCUT2D eigenvalue weighted by atomic mass is 10.1. The second kappa shape index (κ2) is 8.45. The Labute approximate surface area is 159 Å². The van der Waals surface area contributed by atoms with Crippen molar-refractivity contribution in [2.45, 2.75) is 27.2 Å². The SMILES string of the molecule is Cc1cc(C(=O)Nc2ccc(C)c(C)c2)nc(NCCc2ccccc2)n1. The number of carbonyl (C=O) groups excluding carboxylic acids is 1. The fourth-order valence-corrected chi connectivity index (χ4v) is 2.74. The molecule has 3 rings (SSSR count). The Morgan fingerprint density at radius 2 is 1.70 bits per heavy atom. The number of benzene rings is 2. The average Bonchev–Trinajstić information content (AvgIpc) is 2.65. The first kappa shape index (κ1) is 18.6. The minimum Gasteiger partial charge on any atom is -0.354 e. The van der Waals surface area contributed by atoms with Gasteiger partial charge in [-0.3, -0.25) is 4.79 Å². The number of aromatic nitrogens is 2. The van der Waals surface area contributed by atoms with E-state index in [0.29, 0.717) is 18.2 Å². The van der Waals surface area contributed by atoms with Crippen molar-refractivity contribution in [2.24, 2.45) is 0 Å². The Kier molecular flexibility index (Phi) is 5.81. The lowest BCUT2D eigenvalue weighted by Crippen LogP contribution is -2.17. The molecule has 27 heavy (non-hydrogen) atoms. The van der Waals surface area contributed by atoms with E-state index in [-0.39, 0.29) is 5.91 Å². The smallest absolute Gasteiger partial charge is 0.274 e. The lowest BCUT2D eigenvalue weighted by Gasteiger charge is -2.10. The molecule has 0 aliphatic rings. The highest BCUT2D eigenvalue weighted by Gasteiger charge is 2.11. The van der Waals surface area contributed by atoms with Crippen molar-refractivity contribution in [2.75, 3.05) is 17.2 Å². The third-order valence-corrected chi connectivity index (χ3v) is 4.39. The molecule has 0 spiro atoms. The number of amides is 1. The predicted molar refractivity (Wildman–Crippen MR) is 109 cm³/mol. The topological polar surface area (TPSA) is 66.9 Å². The number of nitrogens with zero attached hydrogens (tertiary/aromatic N) is 2. The summed E-state index contributed by atoms with van der Waals surface area (Å²) < 4.78 is 0. The van der Waals surface area contributed by atoms with Gasteiger partial charge in [-0.25, -0.2) is 9.97 Å². The van der Waals surface area contributed by atoms with Gasteiger partial charge in [0.05, 0.1) is 0 Å². The summed E-state index contributed by atoms with van der Waals surface area (Å²) in [5.74, 6) is 0.228. The number of hydrogen-bond acceptors (Lipinski definition) is 4. The van der Waals surface area contributed by atoms with Crippen molar-refractivity contribution in [1.29, 1.82) is 0 Å². The summed E-state index contributed by atoms with van der Waals surface area (Å²) in [5.41, 5.74) is 5.43. The Morgan fingerprint density at radius 1 is 0.926 bits per heavy atom. The van der Waals surface area contributed by atoms with Crippen LogP contribution in [0.2, 0.25) is 0 Å². The van der Waals surface area contributed by atoms with Gasteiger partial charge in [0.25, 0.3) is 5.91 Å². The molecule has 2 N–H and O–H groups in total. The first-order valence-electron chi connectivity index (χ1n) is 9.03. The van der Waals surface area contributed by atoms with Crippen molar-refractivity contribution >= 4 is 17.5 Å². The highest BCUT2D eigenvalue weighted by atomic mass is 16.1. The van der Waals surface area contributed by atoms with Crippen LogP contribution in [0.1, 0.15) is 32.9 Å². The predicted octanol–water partition coefficient (Wildman–Crippen LogP) is 4.31. The van der Waals surface area contributed by atoms with Gasteiger partial charge in [0.2, 0.25) is 5.95 Å². The van der Waals surface area contributed by atoms with Crippen LogP contribution in [-0.4, -0.2) is 22.4 Å². The zero-order valence-electron chi connectivity index (χ0n) is 15.9. The van der Waals surface area contributed by atoms with Gasteiger partial charge in [0, 0.05) is 17.9 Å². The molecule has 138 valence electrons. The molecule has 1 heterocycles. The van der Waals surface area contributed by atoms with Crippen LogP contribution in [-0.2, 0) is 6.42 Å². The molecule has 3 aromatic rings. The monoisotopic (exact) mass is 360 g/mol. The van der Waals surface area contributed by atoms with Crippen molar-refractivity contribution in [3.8, 4) is 0 Å². The summed E-state index contributed by atoms with van der Waals surface area (Å²) >= 11 is 0. The maximum Gasteiger partial charge on any atom is 0.274 e. The molecule has 0 radical (unpaired) electrons. The molecule has 5 nitrogen and oxygen atoms in total. The van der Waals surface area contributed by atoms with Crippen LogP contribution in [0.25, 0.3) is 0 Å². The first-order chi connectivity index (χ1) is 13.0. The number of hydrogen-bond donors (Lipinski definition) is 2. The largest absolute Gasteiger partial charge is 0.354 e. The Morgan fingerprint density at radius 3 is 2.44 bits per heavy atom. The molecule has 5 heteroatoms. The van der Waals surface area contributed by atoms with Crippen molar-refractivity contribution in [1.82, 2.24) is 9.97 Å². The summed E-state index contributed by atoms with van der Waals surface area (Å²) in [7, 11) is 0. The molecule has 0 fully saturated rings. The second-order valence-electron chi connectivity index (χ2n) is 6.63. The zero-order valence-corrected chi connectivity index (χ0v) is 15.9. The molecule has 0 saturated heterocycles. The van der Waals surface area contributed by atoms with Crippen LogP contribution in [0.3, 0.4) is 0 Å². The summed E-state index contributed by atoms with van der Waals surface area (Å²) in [6.07, 6.45) is 0.863. The molecule has 0 aliphatic carbocycles. The van der Waals surface area contributed by atoms with E-state index in [2.05, 4.69) is 32.7 Å². The molecular weight excluding hydrogens is 336 g/mol. The molecule has 1 amide bonds. The Balaban J connectivity index is 1.66. The van der Waals surface area contributed by atoms with Crippen molar-refractivity contribution in [3.63, 3.8) is 0 Å². The molecule has 0 unspecified atom stereocenters. The van der Waals surface area contributed by atoms with Crippen molar-refractivity contribution < 1.29 is 4.79 Å². The van der Waals surface area contributed by atoms with E-state index in [4.69, 9.17) is 0 Å². The number of rotatable bonds is 6. The maximum atomic E-state index is 12.6. The zero-order chi connectivity index (χ0) is 19.2. The van der Waals surface area contributed by atoms with E-state index in [1.54, 1.807) is 6.07 Å². The molecule has 1 aromatic heterocycles. The summed E-state index contributed by atoms with van der Waals surface area (Å²) in [5, 5.41) is 6.11. The summed E-state index contributed by atoms with van der Waals surface area (Å²) in [6, 6.07) is 17.8. The molecule has 0 bridgehead atoms. The normalized spacial score (nSPS) is 10.5. The quantitative estimate of drug-likeness (QED) is 0.687. The van der Waals surface area contributed by atoms with E-state index in [0.717, 1.165) is 23.4 Å². The van der Waals surface area contributed by atoms with Gasteiger partial charge in [-0.15, -0.1) is 0 Å². The van der Waals surface area contributed by atoms with Crippen LogP contribution in [0, 0.1) is 20.8 Å². The van der Waals surface area contributed by atoms with Gasteiger partial charge in [-0.05, 0) is 62.1 Å². The average molecular weight is 360 g/mol. The number of carbonyl (C=O) groups is 1. The highest BCUT2D eigenvalue weighted by Crippen LogP contribution is 2.15. The standard InChI is InChI=1S/C22H24N4O/c1-15-9-10-19(13-16(15)2)25-21(27)20-14-17(3)24-22(26-20)23-12-11-18-7-5-4-6-8-18/h4-10,13-14H,11-12H2,1-3H3,(H,25,27)(H,23,24,26). The Hall–Kier alpha value is -3.21. The lowest BCUT2D eigenvalue weighted by molar-refractivity contribution is 0.102. The third kappa shape index (κ3) is 5.14. The molecule has 2 aromatic carbocycles. The van der Waals surface area contributed by atoms with E-state index in [1.165, 1.54) is 11.1 Å². The number of aryl methyl sites for hydroxylation is 3. The maximum absolute atomic E-state index is 12.6. The molecule has 0 aliphatic heterocycles. The van der Waals surface area contributed by atoms with Gasteiger partial charge < -0.3 is 10.6 Å². The fourth-order valence-electron chi connectivity index (χ4n) is 2.74. The highest BCUT2D eigenvalue weighted by molar-refractivity contribution is 6.03. The molecule has 0 saturated carbocycles.